The first-order valence-electron chi connectivity index (χ1n) is 6.10. The topological polar surface area (TPSA) is 39.2 Å². The predicted octanol–water partition coefficient (Wildman–Crippen LogP) is 3.30. The summed E-state index contributed by atoms with van der Waals surface area (Å²) in [6.07, 6.45) is 0. The number of methoxy groups -OCH3 is 1. The van der Waals surface area contributed by atoms with Crippen LogP contribution in [0.1, 0.15) is 6.92 Å². The Morgan fingerprint density at radius 2 is 2.26 bits per heavy atom. The molecular weight excluding hydrogens is 260 g/mol. The van der Waals surface area contributed by atoms with Crippen LogP contribution in [0, 0.1) is 4.77 Å². The van der Waals surface area contributed by atoms with Gasteiger partial charge >= 0.3 is 0 Å². The predicted molar refractivity (Wildman–Crippen MR) is 79.3 cm³/mol. The summed E-state index contributed by atoms with van der Waals surface area (Å²) in [6, 6.07) is 5.85. The molecule has 0 atom stereocenters. The number of fused-ring (bicyclic) bond motifs is 1. The van der Waals surface area contributed by atoms with E-state index in [0.29, 0.717) is 24.5 Å². The van der Waals surface area contributed by atoms with E-state index < -0.39 is 0 Å². The number of aromatic amines is 1. The van der Waals surface area contributed by atoms with E-state index in [0.717, 1.165) is 22.4 Å². The fraction of sp³-hybridized carbons (Fsp3) is 0.357. The lowest BCUT2D eigenvalue weighted by Gasteiger charge is -2.07. The molecule has 0 bridgehead atoms. The van der Waals surface area contributed by atoms with Gasteiger partial charge in [-0.2, -0.15) is 0 Å². The van der Waals surface area contributed by atoms with Crippen LogP contribution < -0.4 is 4.74 Å². The Kier molecular flexibility index (Phi) is 4.39. The molecule has 1 heterocycles. The van der Waals surface area contributed by atoms with Crippen LogP contribution in [0.2, 0.25) is 0 Å². The van der Waals surface area contributed by atoms with Crippen molar-refractivity contribution < 1.29 is 9.47 Å². The number of aromatic nitrogens is 2. The van der Waals surface area contributed by atoms with Crippen molar-refractivity contribution in [2.24, 2.45) is 0 Å². The summed E-state index contributed by atoms with van der Waals surface area (Å²) in [5.74, 6) is 0.818. The van der Waals surface area contributed by atoms with E-state index in [1.807, 2.05) is 29.7 Å². The molecule has 0 unspecified atom stereocenters. The number of nitrogens with zero attached hydrogens (tertiary/aromatic N) is 1. The zero-order chi connectivity index (χ0) is 13.8. The van der Waals surface area contributed by atoms with Crippen molar-refractivity contribution in [2.45, 2.75) is 13.5 Å². The lowest BCUT2D eigenvalue weighted by molar-refractivity contribution is 0.148. The molecular formula is C14H18N2O2S. The highest BCUT2D eigenvalue weighted by Crippen LogP contribution is 2.20. The Bertz CT molecular complexity index is 642. The van der Waals surface area contributed by atoms with Crippen LogP contribution in [-0.2, 0) is 11.3 Å². The Labute approximate surface area is 117 Å². The molecule has 0 saturated carbocycles. The molecule has 19 heavy (non-hydrogen) atoms. The van der Waals surface area contributed by atoms with Crippen molar-refractivity contribution in [1.82, 2.24) is 9.55 Å². The average molecular weight is 278 g/mol. The number of H-pyrrole nitrogens is 1. The Morgan fingerprint density at radius 3 is 2.95 bits per heavy atom. The zero-order valence-electron chi connectivity index (χ0n) is 11.2. The van der Waals surface area contributed by atoms with Gasteiger partial charge in [-0.1, -0.05) is 12.2 Å². The summed E-state index contributed by atoms with van der Waals surface area (Å²) < 4.78 is 13.5. The number of hydrogen-bond acceptors (Lipinski definition) is 3. The fourth-order valence-corrected chi connectivity index (χ4v) is 2.18. The molecule has 2 aromatic rings. The molecule has 0 aliphatic carbocycles. The van der Waals surface area contributed by atoms with E-state index in [1.54, 1.807) is 7.11 Å². The zero-order valence-corrected chi connectivity index (χ0v) is 12.0. The van der Waals surface area contributed by atoms with E-state index in [4.69, 9.17) is 21.7 Å². The number of imidazole rings is 1. The highest BCUT2D eigenvalue weighted by atomic mass is 32.1. The molecule has 1 N–H and O–H groups in total. The molecule has 0 saturated heterocycles. The van der Waals surface area contributed by atoms with Gasteiger partial charge in [-0.15, -0.1) is 0 Å². The first-order valence-corrected chi connectivity index (χ1v) is 6.51. The second-order valence-electron chi connectivity index (χ2n) is 4.47. The molecule has 0 aliphatic heterocycles. The first-order chi connectivity index (χ1) is 9.11. The average Bonchev–Trinajstić information content (AvgIpc) is 2.69. The van der Waals surface area contributed by atoms with Gasteiger partial charge in [-0.25, -0.2) is 0 Å². The third-order valence-electron chi connectivity index (χ3n) is 2.79. The van der Waals surface area contributed by atoms with E-state index in [-0.39, 0.29) is 0 Å². The van der Waals surface area contributed by atoms with Crippen LogP contribution in [0.3, 0.4) is 0 Å². The minimum Gasteiger partial charge on any atom is -0.497 e. The maximum atomic E-state index is 5.52. The van der Waals surface area contributed by atoms with Crippen molar-refractivity contribution in [2.75, 3.05) is 20.3 Å². The minimum atomic E-state index is 0.582. The van der Waals surface area contributed by atoms with Gasteiger partial charge in [0, 0.05) is 12.6 Å². The molecule has 0 amide bonds. The van der Waals surface area contributed by atoms with Gasteiger partial charge < -0.3 is 19.0 Å². The van der Waals surface area contributed by atoms with Crippen LogP contribution in [0.4, 0.5) is 0 Å². The monoisotopic (exact) mass is 278 g/mol. The Hall–Kier alpha value is -1.59. The lowest BCUT2D eigenvalue weighted by Crippen LogP contribution is -2.07. The Balaban J connectivity index is 2.19. The van der Waals surface area contributed by atoms with Gasteiger partial charge in [0.05, 0.1) is 31.4 Å². The molecule has 0 fully saturated rings. The summed E-state index contributed by atoms with van der Waals surface area (Å²) in [4.78, 5) is 3.18. The molecule has 102 valence electrons. The molecule has 0 spiro atoms. The SMILES string of the molecule is C=C(C)COCCn1c(=S)[nH]c2ccc(OC)cc21. The molecule has 1 aromatic carbocycles. The van der Waals surface area contributed by atoms with E-state index in [1.165, 1.54) is 0 Å². The fourth-order valence-electron chi connectivity index (χ4n) is 1.88. The van der Waals surface area contributed by atoms with Gasteiger partial charge in [0.15, 0.2) is 4.77 Å². The summed E-state index contributed by atoms with van der Waals surface area (Å²) >= 11 is 5.33. The normalized spacial score (nSPS) is 10.8. The minimum absolute atomic E-state index is 0.582. The van der Waals surface area contributed by atoms with Gasteiger partial charge in [0.1, 0.15) is 5.75 Å². The maximum absolute atomic E-state index is 5.52. The second kappa shape index (κ2) is 6.04. The molecule has 1 aromatic heterocycles. The molecule has 2 rings (SSSR count). The van der Waals surface area contributed by atoms with Crippen LogP contribution in [0.5, 0.6) is 5.75 Å². The third-order valence-corrected chi connectivity index (χ3v) is 3.11. The highest BCUT2D eigenvalue weighted by molar-refractivity contribution is 7.71. The highest BCUT2D eigenvalue weighted by Gasteiger charge is 2.05. The molecule has 4 nitrogen and oxygen atoms in total. The smallest absolute Gasteiger partial charge is 0.178 e. The van der Waals surface area contributed by atoms with Gasteiger partial charge in [-0.05, 0) is 31.3 Å². The molecule has 0 aliphatic rings. The number of benzene rings is 1. The van der Waals surface area contributed by atoms with E-state index in [2.05, 4.69) is 11.6 Å². The van der Waals surface area contributed by atoms with Gasteiger partial charge in [0.2, 0.25) is 0 Å². The van der Waals surface area contributed by atoms with Crippen molar-refractivity contribution in [3.63, 3.8) is 0 Å². The van der Waals surface area contributed by atoms with Gasteiger partial charge in [-0.3, -0.25) is 0 Å². The standard InChI is InChI=1S/C14H18N2O2S/c1-10(2)9-18-7-6-16-13-8-11(17-3)4-5-12(13)15-14(16)19/h4-5,8H,1,6-7,9H2,2-3H3,(H,15,19). The van der Waals surface area contributed by atoms with Crippen LogP contribution >= 0.6 is 12.2 Å². The maximum Gasteiger partial charge on any atom is 0.178 e. The number of ether oxygens (including phenoxy) is 2. The van der Waals surface area contributed by atoms with Crippen LogP contribution in [0.15, 0.2) is 30.4 Å². The van der Waals surface area contributed by atoms with Crippen molar-refractivity contribution >= 4 is 23.3 Å². The second-order valence-corrected chi connectivity index (χ2v) is 4.86. The van der Waals surface area contributed by atoms with E-state index in [9.17, 15) is 0 Å². The molecule has 5 heteroatoms. The number of rotatable bonds is 6. The van der Waals surface area contributed by atoms with Crippen LogP contribution in [0.25, 0.3) is 11.0 Å². The largest absolute Gasteiger partial charge is 0.497 e. The van der Waals surface area contributed by atoms with Crippen molar-refractivity contribution in [3.8, 4) is 5.75 Å². The number of hydrogen-bond donors (Lipinski definition) is 1. The lowest BCUT2D eigenvalue weighted by atomic mass is 10.3. The first kappa shape index (κ1) is 13.8. The third kappa shape index (κ3) is 3.24. The van der Waals surface area contributed by atoms with Crippen molar-refractivity contribution in [1.29, 1.82) is 0 Å². The summed E-state index contributed by atoms with van der Waals surface area (Å²) in [5, 5.41) is 0. The number of nitrogens with one attached hydrogen (secondary N) is 1. The summed E-state index contributed by atoms with van der Waals surface area (Å²) in [6.45, 7) is 7.64. The Morgan fingerprint density at radius 1 is 1.47 bits per heavy atom. The van der Waals surface area contributed by atoms with Crippen LogP contribution in [-0.4, -0.2) is 29.9 Å². The van der Waals surface area contributed by atoms with E-state index >= 15 is 0 Å². The van der Waals surface area contributed by atoms with Crippen molar-refractivity contribution in [3.05, 3.63) is 35.1 Å². The summed E-state index contributed by atoms with van der Waals surface area (Å²) in [7, 11) is 1.66. The quantitative estimate of drug-likeness (QED) is 0.500. The van der Waals surface area contributed by atoms with Gasteiger partial charge in [0.25, 0.3) is 0 Å². The molecule has 0 radical (unpaired) electrons. The summed E-state index contributed by atoms with van der Waals surface area (Å²) in [5.41, 5.74) is 3.05.